The molecule has 24 heavy (non-hydrogen) atoms. The summed E-state index contributed by atoms with van der Waals surface area (Å²) >= 11 is 1.60. The predicted octanol–water partition coefficient (Wildman–Crippen LogP) is 3.68. The molecular weight excluding hydrogens is 326 g/mol. The monoisotopic (exact) mass is 341 g/mol. The number of aromatic amines is 1. The number of thiophene rings is 1. The number of aryl methyl sites for hydroxylation is 1. The lowest BCUT2D eigenvalue weighted by molar-refractivity contribution is -0.384. The van der Waals surface area contributed by atoms with E-state index in [1.807, 2.05) is 0 Å². The van der Waals surface area contributed by atoms with Gasteiger partial charge >= 0.3 is 0 Å². The Morgan fingerprint density at radius 3 is 2.79 bits per heavy atom. The van der Waals surface area contributed by atoms with Crippen LogP contribution in [0.2, 0.25) is 0 Å². The molecular formula is C17H15N3O3S. The molecule has 0 saturated carbocycles. The molecule has 1 atom stereocenters. The zero-order valence-electron chi connectivity index (χ0n) is 13.0. The smallest absolute Gasteiger partial charge is 0.269 e. The first-order valence-electron chi connectivity index (χ1n) is 7.82. The minimum atomic E-state index is -0.447. The van der Waals surface area contributed by atoms with Gasteiger partial charge in [-0.15, -0.1) is 11.3 Å². The number of hydrogen-bond acceptors (Lipinski definition) is 5. The molecule has 0 aliphatic heterocycles. The third kappa shape index (κ3) is 2.41. The minimum Gasteiger partial charge on any atom is -0.306 e. The third-order valence-electron chi connectivity index (χ3n) is 4.52. The number of rotatable bonds is 2. The summed E-state index contributed by atoms with van der Waals surface area (Å²) in [6.07, 6.45) is 3.03. The second kappa shape index (κ2) is 5.52. The average Bonchev–Trinajstić information content (AvgIpc) is 2.92. The van der Waals surface area contributed by atoms with Crippen LogP contribution < -0.4 is 5.56 Å². The SMILES string of the molecule is C[C@H]1CCc2c(sc3nc(-c4ccc([N+](=O)[O-])cc4)[nH]c(=O)c23)C1. The predicted molar refractivity (Wildman–Crippen MR) is 93.5 cm³/mol. The first-order valence-corrected chi connectivity index (χ1v) is 8.64. The van der Waals surface area contributed by atoms with E-state index in [1.165, 1.54) is 17.0 Å². The summed E-state index contributed by atoms with van der Waals surface area (Å²) in [5.74, 6) is 1.09. The van der Waals surface area contributed by atoms with Crippen LogP contribution in [-0.2, 0) is 12.8 Å². The number of benzene rings is 1. The molecule has 0 unspecified atom stereocenters. The van der Waals surface area contributed by atoms with E-state index in [9.17, 15) is 14.9 Å². The van der Waals surface area contributed by atoms with Gasteiger partial charge in [-0.2, -0.15) is 0 Å². The van der Waals surface area contributed by atoms with Crippen molar-refractivity contribution >= 4 is 27.2 Å². The first kappa shape index (κ1) is 15.0. The topological polar surface area (TPSA) is 88.9 Å². The maximum absolute atomic E-state index is 12.6. The van der Waals surface area contributed by atoms with Crippen molar-refractivity contribution < 1.29 is 4.92 Å². The fourth-order valence-corrected chi connectivity index (χ4v) is 4.61. The van der Waals surface area contributed by atoms with E-state index in [2.05, 4.69) is 16.9 Å². The summed E-state index contributed by atoms with van der Waals surface area (Å²) in [5, 5.41) is 11.5. The number of fused-ring (bicyclic) bond motifs is 3. The molecule has 0 spiro atoms. The number of H-pyrrole nitrogens is 1. The zero-order valence-corrected chi connectivity index (χ0v) is 13.9. The van der Waals surface area contributed by atoms with Gasteiger partial charge in [0.2, 0.25) is 0 Å². The van der Waals surface area contributed by atoms with E-state index in [1.54, 1.807) is 23.5 Å². The fraction of sp³-hybridized carbons (Fsp3) is 0.294. The lowest BCUT2D eigenvalue weighted by Crippen LogP contribution is -2.13. The molecule has 1 aliphatic carbocycles. The van der Waals surface area contributed by atoms with Gasteiger partial charge in [-0.05, 0) is 42.9 Å². The highest BCUT2D eigenvalue weighted by Crippen LogP contribution is 2.36. The Labute approximate surface area is 141 Å². The maximum Gasteiger partial charge on any atom is 0.269 e. The van der Waals surface area contributed by atoms with Crippen LogP contribution in [-0.4, -0.2) is 14.9 Å². The quantitative estimate of drug-likeness (QED) is 0.569. The van der Waals surface area contributed by atoms with Crippen molar-refractivity contribution in [3.8, 4) is 11.4 Å². The summed E-state index contributed by atoms with van der Waals surface area (Å²) in [7, 11) is 0. The Morgan fingerprint density at radius 2 is 2.08 bits per heavy atom. The van der Waals surface area contributed by atoms with Crippen LogP contribution in [0.15, 0.2) is 29.1 Å². The normalized spacial score (nSPS) is 17.0. The Kier molecular flexibility index (Phi) is 3.45. The number of nitrogens with one attached hydrogen (secondary N) is 1. The molecule has 1 aliphatic rings. The molecule has 6 nitrogen and oxygen atoms in total. The van der Waals surface area contributed by atoms with Crippen LogP contribution in [0.1, 0.15) is 23.8 Å². The molecule has 0 fully saturated rings. The minimum absolute atomic E-state index is 0.0164. The van der Waals surface area contributed by atoms with E-state index >= 15 is 0 Å². The number of hydrogen-bond donors (Lipinski definition) is 1. The summed E-state index contributed by atoms with van der Waals surface area (Å²) < 4.78 is 0. The maximum atomic E-state index is 12.6. The molecule has 122 valence electrons. The van der Waals surface area contributed by atoms with Crippen LogP contribution in [0.25, 0.3) is 21.6 Å². The number of nitrogens with zero attached hydrogens (tertiary/aromatic N) is 2. The second-order valence-corrected chi connectivity index (χ2v) is 7.33. The molecule has 7 heteroatoms. The summed E-state index contributed by atoms with van der Waals surface area (Å²) in [5.41, 5.74) is 1.71. The molecule has 0 amide bonds. The molecule has 3 aromatic rings. The van der Waals surface area contributed by atoms with Gasteiger partial charge < -0.3 is 4.98 Å². The number of nitro benzene ring substituents is 1. The highest BCUT2D eigenvalue weighted by molar-refractivity contribution is 7.18. The van der Waals surface area contributed by atoms with Gasteiger partial charge in [-0.3, -0.25) is 14.9 Å². The van der Waals surface area contributed by atoms with Crippen molar-refractivity contribution in [1.82, 2.24) is 9.97 Å². The van der Waals surface area contributed by atoms with Gasteiger partial charge in [0.1, 0.15) is 10.7 Å². The van der Waals surface area contributed by atoms with E-state index in [-0.39, 0.29) is 11.2 Å². The molecule has 1 N–H and O–H groups in total. The van der Waals surface area contributed by atoms with Gasteiger partial charge in [-0.25, -0.2) is 4.98 Å². The largest absolute Gasteiger partial charge is 0.306 e. The Bertz CT molecular complexity index is 1000. The number of aromatic nitrogens is 2. The van der Waals surface area contributed by atoms with Crippen molar-refractivity contribution in [3.63, 3.8) is 0 Å². The third-order valence-corrected chi connectivity index (χ3v) is 5.67. The Hall–Kier alpha value is -2.54. The standard InChI is InChI=1S/C17H15N3O3S/c1-9-2-7-12-13(8-9)24-17-14(12)16(21)18-15(19-17)10-3-5-11(6-4-10)20(22)23/h3-6,9H,2,7-8H2,1H3,(H,18,19,21)/t9-/m0/s1. The average molecular weight is 341 g/mol. The molecule has 2 heterocycles. The highest BCUT2D eigenvalue weighted by atomic mass is 32.1. The Balaban J connectivity index is 1.83. The van der Waals surface area contributed by atoms with E-state index in [0.717, 1.165) is 29.7 Å². The fourth-order valence-electron chi connectivity index (χ4n) is 3.23. The second-order valence-electron chi connectivity index (χ2n) is 6.25. The molecule has 1 aromatic carbocycles. The zero-order chi connectivity index (χ0) is 16.8. The van der Waals surface area contributed by atoms with Crippen LogP contribution in [0, 0.1) is 16.0 Å². The number of non-ortho nitro benzene ring substituents is 1. The summed E-state index contributed by atoms with van der Waals surface area (Å²) in [6.45, 7) is 2.23. The Morgan fingerprint density at radius 1 is 1.33 bits per heavy atom. The van der Waals surface area contributed by atoms with E-state index in [0.29, 0.717) is 22.7 Å². The van der Waals surface area contributed by atoms with Gasteiger partial charge in [0.25, 0.3) is 11.2 Å². The number of nitro groups is 1. The first-order chi connectivity index (χ1) is 11.5. The van der Waals surface area contributed by atoms with E-state index in [4.69, 9.17) is 0 Å². The molecule has 0 saturated heterocycles. The van der Waals surface area contributed by atoms with Crippen LogP contribution in [0.5, 0.6) is 0 Å². The summed E-state index contributed by atoms with van der Waals surface area (Å²) in [4.78, 5) is 32.3. The van der Waals surface area contributed by atoms with Crippen molar-refractivity contribution in [1.29, 1.82) is 0 Å². The van der Waals surface area contributed by atoms with Crippen LogP contribution in [0.4, 0.5) is 5.69 Å². The molecule has 2 aromatic heterocycles. The van der Waals surface area contributed by atoms with Crippen molar-refractivity contribution in [2.75, 3.05) is 0 Å². The van der Waals surface area contributed by atoms with Crippen molar-refractivity contribution in [2.24, 2.45) is 5.92 Å². The van der Waals surface area contributed by atoms with Crippen LogP contribution in [0.3, 0.4) is 0 Å². The van der Waals surface area contributed by atoms with Gasteiger partial charge in [0.15, 0.2) is 0 Å². The molecule has 4 rings (SSSR count). The molecule has 0 radical (unpaired) electrons. The van der Waals surface area contributed by atoms with Crippen molar-refractivity contribution in [2.45, 2.75) is 26.2 Å². The van der Waals surface area contributed by atoms with Crippen LogP contribution >= 0.6 is 11.3 Å². The van der Waals surface area contributed by atoms with Crippen molar-refractivity contribution in [3.05, 3.63) is 55.2 Å². The van der Waals surface area contributed by atoms with E-state index < -0.39 is 4.92 Å². The molecule has 0 bridgehead atoms. The van der Waals surface area contributed by atoms with Gasteiger partial charge in [0, 0.05) is 22.6 Å². The van der Waals surface area contributed by atoms with Gasteiger partial charge in [-0.1, -0.05) is 6.92 Å². The van der Waals surface area contributed by atoms with Gasteiger partial charge in [0.05, 0.1) is 10.3 Å². The highest BCUT2D eigenvalue weighted by Gasteiger charge is 2.23. The summed E-state index contributed by atoms with van der Waals surface area (Å²) in [6, 6.07) is 6.05. The lowest BCUT2D eigenvalue weighted by Gasteiger charge is -2.17. The lowest BCUT2D eigenvalue weighted by atomic mass is 9.89.